The van der Waals surface area contributed by atoms with Crippen molar-refractivity contribution in [2.45, 2.75) is 46.5 Å². The molecule has 2 aliphatic rings. The van der Waals surface area contributed by atoms with Crippen LogP contribution in [-0.2, 0) is 4.79 Å². The Morgan fingerprint density at radius 1 is 1.06 bits per heavy atom. The monoisotopic (exact) mass is 240 g/mol. The van der Waals surface area contributed by atoms with Crippen LogP contribution in [0.15, 0.2) is 0 Å². The molecule has 0 bridgehead atoms. The maximum atomic E-state index is 12.1. The zero-order valence-electron chi connectivity index (χ0n) is 12.0. The fourth-order valence-electron chi connectivity index (χ4n) is 2.71. The molecule has 2 fully saturated rings. The fourth-order valence-corrected chi connectivity index (χ4v) is 2.71. The summed E-state index contributed by atoms with van der Waals surface area (Å²) in [4.78, 5) is 16.5. The van der Waals surface area contributed by atoms with Gasteiger partial charge in [0, 0.05) is 13.1 Å². The van der Waals surface area contributed by atoms with Crippen LogP contribution in [0, 0.1) is 5.41 Å². The molecule has 0 unspecified atom stereocenters. The Kier molecular flexibility index (Phi) is 5.44. The fraction of sp³-hybridized carbons (Fsp3) is 0.929. The summed E-state index contributed by atoms with van der Waals surface area (Å²) in [7, 11) is 2.14. The highest BCUT2D eigenvalue weighted by molar-refractivity contribution is 5.84. The van der Waals surface area contributed by atoms with Gasteiger partial charge in [0.05, 0.1) is 5.41 Å². The van der Waals surface area contributed by atoms with Crippen LogP contribution >= 0.6 is 0 Å². The zero-order chi connectivity index (χ0) is 12.9. The molecule has 0 aliphatic carbocycles. The molecule has 0 saturated carbocycles. The first-order valence-electron chi connectivity index (χ1n) is 7.07. The lowest BCUT2D eigenvalue weighted by atomic mass is 9.77. The summed E-state index contributed by atoms with van der Waals surface area (Å²) in [6, 6.07) is 0. The number of likely N-dealkylation sites (tertiary alicyclic amines) is 2. The summed E-state index contributed by atoms with van der Waals surface area (Å²) in [5.41, 5.74) is 0.0303. The third kappa shape index (κ3) is 3.21. The molecule has 0 radical (unpaired) electrons. The van der Waals surface area contributed by atoms with Gasteiger partial charge in [0.15, 0.2) is 0 Å². The van der Waals surface area contributed by atoms with Crippen LogP contribution in [0.3, 0.4) is 0 Å². The lowest BCUT2D eigenvalue weighted by molar-refractivity contribution is -0.138. The smallest absolute Gasteiger partial charge is 0.228 e. The highest BCUT2D eigenvalue weighted by Crippen LogP contribution is 2.40. The third-order valence-corrected chi connectivity index (χ3v) is 3.93. The van der Waals surface area contributed by atoms with Crippen molar-refractivity contribution >= 4 is 5.91 Å². The Balaban J connectivity index is 0.000000437. The zero-order valence-corrected chi connectivity index (χ0v) is 12.0. The number of amides is 1. The minimum absolute atomic E-state index is 0.0303. The van der Waals surface area contributed by atoms with Gasteiger partial charge in [-0.3, -0.25) is 4.79 Å². The van der Waals surface area contributed by atoms with Gasteiger partial charge in [-0.15, -0.1) is 0 Å². The SMILES string of the molecule is CCC.CCN1CCC2(CCN(C)CC2)C1=O. The summed E-state index contributed by atoms with van der Waals surface area (Å²) in [5.74, 6) is 0.424. The van der Waals surface area contributed by atoms with E-state index in [-0.39, 0.29) is 5.41 Å². The molecule has 2 aliphatic heterocycles. The molecular formula is C14H28N2O. The van der Waals surface area contributed by atoms with Crippen LogP contribution in [0.2, 0.25) is 0 Å². The topological polar surface area (TPSA) is 23.6 Å². The molecule has 3 heteroatoms. The van der Waals surface area contributed by atoms with Crippen LogP contribution in [0.4, 0.5) is 0 Å². The van der Waals surface area contributed by atoms with Gasteiger partial charge < -0.3 is 9.80 Å². The molecule has 0 aromatic carbocycles. The van der Waals surface area contributed by atoms with Crippen molar-refractivity contribution < 1.29 is 4.79 Å². The van der Waals surface area contributed by atoms with Gasteiger partial charge >= 0.3 is 0 Å². The molecular weight excluding hydrogens is 212 g/mol. The minimum Gasteiger partial charge on any atom is -0.342 e. The van der Waals surface area contributed by atoms with Crippen LogP contribution in [0.5, 0.6) is 0 Å². The Hall–Kier alpha value is -0.570. The average Bonchev–Trinajstić information content (AvgIpc) is 2.62. The molecule has 1 amide bonds. The van der Waals surface area contributed by atoms with Crippen molar-refractivity contribution in [2.75, 3.05) is 33.2 Å². The van der Waals surface area contributed by atoms with Gasteiger partial charge in [0.1, 0.15) is 0 Å². The van der Waals surface area contributed by atoms with Crippen molar-refractivity contribution in [1.82, 2.24) is 9.80 Å². The van der Waals surface area contributed by atoms with E-state index >= 15 is 0 Å². The first-order valence-corrected chi connectivity index (χ1v) is 7.07. The maximum absolute atomic E-state index is 12.1. The second-order valence-corrected chi connectivity index (χ2v) is 5.43. The predicted molar refractivity (Wildman–Crippen MR) is 72.0 cm³/mol. The van der Waals surface area contributed by atoms with Crippen molar-refractivity contribution in [3.63, 3.8) is 0 Å². The number of hydrogen-bond acceptors (Lipinski definition) is 2. The number of carbonyl (C=O) groups is 1. The molecule has 17 heavy (non-hydrogen) atoms. The van der Waals surface area contributed by atoms with E-state index in [1.165, 1.54) is 6.42 Å². The summed E-state index contributed by atoms with van der Waals surface area (Å²) in [5, 5.41) is 0. The number of carbonyl (C=O) groups excluding carboxylic acids is 1. The number of rotatable bonds is 1. The minimum atomic E-state index is 0.0303. The summed E-state index contributed by atoms with van der Waals surface area (Å²) in [6.07, 6.45) is 4.48. The molecule has 2 heterocycles. The van der Waals surface area contributed by atoms with Gasteiger partial charge in [-0.2, -0.15) is 0 Å². The second kappa shape index (κ2) is 6.39. The lowest BCUT2D eigenvalue weighted by Crippen LogP contribution is -2.43. The molecule has 3 nitrogen and oxygen atoms in total. The van der Waals surface area contributed by atoms with E-state index in [9.17, 15) is 4.79 Å². The van der Waals surface area contributed by atoms with E-state index in [4.69, 9.17) is 0 Å². The molecule has 100 valence electrons. The van der Waals surface area contributed by atoms with Crippen molar-refractivity contribution in [1.29, 1.82) is 0 Å². The van der Waals surface area contributed by atoms with Crippen molar-refractivity contribution in [2.24, 2.45) is 5.41 Å². The Labute approximate surface area is 106 Å². The standard InChI is InChI=1S/C11H20N2O.C3H8/c1-3-13-9-6-11(10(13)14)4-7-12(2)8-5-11;1-3-2/h3-9H2,1-2H3;3H2,1-2H3. The van der Waals surface area contributed by atoms with E-state index in [1.54, 1.807) is 0 Å². The third-order valence-electron chi connectivity index (χ3n) is 3.93. The normalized spacial score (nSPS) is 23.8. The Morgan fingerprint density at radius 3 is 1.94 bits per heavy atom. The summed E-state index contributed by atoms with van der Waals surface area (Å²) < 4.78 is 0. The quantitative estimate of drug-likeness (QED) is 0.702. The largest absolute Gasteiger partial charge is 0.342 e. The van der Waals surface area contributed by atoms with Gasteiger partial charge in [0.25, 0.3) is 0 Å². The second-order valence-electron chi connectivity index (χ2n) is 5.43. The van der Waals surface area contributed by atoms with Crippen LogP contribution in [0.25, 0.3) is 0 Å². The van der Waals surface area contributed by atoms with Gasteiger partial charge in [-0.25, -0.2) is 0 Å². The summed E-state index contributed by atoms with van der Waals surface area (Å²) >= 11 is 0. The van der Waals surface area contributed by atoms with Crippen LogP contribution < -0.4 is 0 Å². The molecule has 0 aromatic heterocycles. The van der Waals surface area contributed by atoms with Crippen molar-refractivity contribution in [3.05, 3.63) is 0 Å². The van der Waals surface area contributed by atoms with Crippen LogP contribution in [-0.4, -0.2) is 48.9 Å². The first-order chi connectivity index (χ1) is 8.09. The predicted octanol–water partition coefficient (Wildman–Crippen LogP) is 2.37. The Morgan fingerprint density at radius 2 is 1.53 bits per heavy atom. The lowest BCUT2D eigenvalue weighted by Gasteiger charge is -2.36. The van der Waals surface area contributed by atoms with E-state index in [2.05, 4.69) is 32.7 Å². The van der Waals surface area contributed by atoms with E-state index in [0.717, 1.165) is 45.4 Å². The molecule has 1 spiro atoms. The molecule has 0 atom stereocenters. The number of nitrogens with zero attached hydrogens (tertiary/aromatic N) is 2. The molecule has 0 N–H and O–H groups in total. The molecule has 2 saturated heterocycles. The van der Waals surface area contributed by atoms with Crippen LogP contribution in [0.1, 0.15) is 46.5 Å². The number of hydrogen-bond donors (Lipinski definition) is 0. The maximum Gasteiger partial charge on any atom is 0.228 e. The first kappa shape index (κ1) is 14.5. The van der Waals surface area contributed by atoms with E-state index in [0.29, 0.717) is 5.91 Å². The van der Waals surface area contributed by atoms with Gasteiger partial charge in [0.2, 0.25) is 5.91 Å². The Bertz CT molecular complexity index is 245. The summed E-state index contributed by atoms with van der Waals surface area (Å²) in [6.45, 7) is 10.4. The molecule has 0 aromatic rings. The average molecular weight is 240 g/mol. The highest BCUT2D eigenvalue weighted by atomic mass is 16.2. The molecule has 2 rings (SSSR count). The highest BCUT2D eigenvalue weighted by Gasteiger charge is 2.46. The van der Waals surface area contributed by atoms with E-state index in [1.807, 2.05) is 4.90 Å². The van der Waals surface area contributed by atoms with Crippen molar-refractivity contribution in [3.8, 4) is 0 Å². The van der Waals surface area contributed by atoms with Gasteiger partial charge in [-0.1, -0.05) is 20.3 Å². The van der Waals surface area contributed by atoms with Gasteiger partial charge in [-0.05, 0) is 46.3 Å². The number of piperidine rings is 1. The van der Waals surface area contributed by atoms with E-state index < -0.39 is 0 Å².